The number of anilines is 1. The van der Waals surface area contributed by atoms with Gasteiger partial charge >= 0.3 is 6.03 Å². The predicted molar refractivity (Wildman–Crippen MR) is 121 cm³/mol. The highest BCUT2D eigenvalue weighted by molar-refractivity contribution is 5.91. The highest BCUT2D eigenvalue weighted by Gasteiger charge is 2.28. The molecule has 0 unspecified atom stereocenters. The molecule has 1 saturated carbocycles. The predicted octanol–water partition coefficient (Wildman–Crippen LogP) is 4.08. The summed E-state index contributed by atoms with van der Waals surface area (Å²) >= 11 is 0. The lowest BCUT2D eigenvalue weighted by molar-refractivity contribution is 0.246. The number of nitrogens with two attached hydrogens (primary N) is 2. The Morgan fingerprint density at radius 3 is 2.45 bits per heavy atom. The Balaban J connectivity index is 1.58. The number of methoxy groups -OCH3 is 1. The summed E-state index contributed by atoms with van der Waals surface area (Å²) < 4.78 is 11.4. The van der Waals surface area contributed by atoms with Crippen LogP contribution in [-0.4, -0.2) is 13.1 Å². The normalized spacial score (nSPS) is 12.9. The third kappa shape index (κ3) is 4.63. The summed E-state index contributed by atoms with van der Waals surface area (Å²) in [4.78, 5) is 12.0. The van der Waals surface area contributed by atoms with E-state index in [1.54, 1.807) is 13.2 Å². The zero-order valence-corrected chi connectivity index (χ0v) is 17.4. The number of amides is 2. The van der Waals surface area contributed by atoms with Crippen LogP contribution in [0, 0.1) is 0 Å². The Bertz CT molecular complexity index is 1060. The highest BCUT2D eigenvalue weighted by Crippen LogP contribution is 2.44. The number of benzene rings is 3. The van der Waals surface area contributed by atoms with E-state index in [2.05, 4.69) is 11.5 Å². The molecule has 160 valence electrons. The number of ether oxygens (including phenoxy) is 2. The fourth-order valence-electron chi connectivity index (χ4n) is 3.64. The van der Waals surface area contributed by atoms with Gasteiger partial charge in [-0.1, -0.05) is 36.4 Å². The lowest BCUT2D eigenvalue weighted by Crippen LogP contribution is -2.48. The van der Waals surface area contributed by atoms with E-state index in [-0.39, 0.29) is 0 Å². The average Bonchev–Trinajstić information content (AvgIpc) is 3.67. The van der Waals surface area contributed by atoms with Crippen molar-refractivity contribution in [2.45, 2.75) is 25.4 Å². The summed E-state index contributed by atoms with van der Waals surface area (Å²) in [6, 6.07) is 21.0. The molecule has 3 aromatic rings. The summed E-state index contributed by atoms with van der Waals surface area (Å²) in [7, 11) is 1.65. The van der Waals surface area contributed by atoms with Gasteiger partial charge in [0, 0.05) is 5.56 Å². The minimum absolute atomic E-state index is 0.291. The van der Waals surface area contributed by atoms with Crippen LogP contribution in [-0.2, 0) is 6.61 Å². The monoisotopic (exact) mass is 418 g/mol. The molecule has 0 aromatic heterocycles. The first-order valence-corrected chi connectivity index (χ1v) is 10.1. The van der Waals surface area contributed by atoms with Crippen LogP contribution in [0.2, 0.25) is 0 Å². The van der Waals surface area contributed by atoms with E-state index in [4.69, 9.17) is 21.2 Å². The summed E-state index contributed by atoms with van der Waals surface area (Å²) in [5.41, 5.74) is 6.82. The molecule has 0 atom stereocenters. The zero-order valence-electron chi connectivity index (χ0n) is 17.4. The molecule has 0 heterocycles. The average molecular weight is 418 g/mol. The minimum Gasteiger partial charge on any atom is -0.497 e. The van der Waals surface area contributed by atoms with Gasteiger partial charge in [0.1, 0.15) is 18.1 Å². The number of rotatable bonds is 7. The lowest BCUT2D eigenvalue weighted by atomic mass is 10.0. The molecule has 5 N–H and O–H groups in total. The van der Waals surface area contributed by atoms with Crippen molar-refractivity contribution in [3.05, 3.63) is 77.9 Å². The molecule has 0 saturated heterocycles. The van der Waals surface area contributed by atoms with Crippen molar-refractivity contribution < 1.29 is 14.3 Å². The molecule has 4 rings (SSSR count). The first-order valence-electron chi connectivity index (χ1n) is 10.1. The minimum atomic E-state index is -0.587. The van der Waals surface area contributed by atoms with Gasteiger partial charge in [-0.15, -0.1) is 0 Å². The lowest BCUT2D eigenvalue weighted by Gasteiger charge is -2.22. The number of urea groups is 1. The highest BCUT2D eigenvalue weighted by atomic mass is 16.5. The molecule has 0 spiro atoms. The van der Waals surface area contributed by atoms with E-state index < -0.39 is 6.03 Å². The summed E-state index contributed by atoms with van der Waals surface area (Å²) in [5.74, 6) is 13.3. The molecule has 31 heavy (non-hydrogen) atoms. The quantitative estimate of drug-likeness (QED) is 0.305. The SMILES string of the molecule is COc1ccc(-c2cccc(OCc3c(C4CC4)cccc3N(N)C(=O)NN)c2)cc1. The second-order valence-electron chi connectivity index (χ2n) is 7.48. The molecular weight excluding hydrogens is 392 g/mol. The topological polar surface area (TPSA) is 103 Å². The third-order valence-electron chi connectivity index (χ3n) is 5.45. The van der Waals surface area contributed by atoms with Crippen molar-refractivity contribution >= 4 is 11.7 Å². The smallest absolute Gasteiger partial charge is 0.350 e. The molecule has 1 fully saturated rings. The molecular formula is C24H26N4O3. The van der Waals surface area contributed by atoms with Gasteiger partial charge in [0.2, 0.25) is 0 Å². The van der Waals surface area contributed by atoms with Crippen molar-refractivity contribution in [2.75, 3.05) is 12.1 Å². The number of nitrogens with one attached hydrogen (secondary N) is 1. The van der Waals surface area contributed by atoms with E-state index in [1.165, 1.54) is 0 Å². The summed E-state index contributed by atoms with van der Waals surface area (Å²) in [6.07, 6.45) is 2.24. The molecule has 0 aliphatic heterocycles. The molecule has 0 bridgehead atoms. The molecule has 7 heteroatoms. The van der Waals surface area contributed by atoms with E-state index in [1.807, 2.05) is 54.6 Å². The van der Waals surface area contributed by atoms with Crippen molar-refractivity contribution in [3.63, 3.8) is 0 Å². The van der Waals surface area contributed by atoms with Crippen LogP contribution in [0.5, 0.6) is 11.5 Å². The Labute approximate surface area is 181 Å². The first kappa shape index (κ1) is 20.7. The molecule has 1 aliphatic rings. The van der Waals surface area contributed by atoms with Crippen LogP contribution in [0.3, 0.4) is 0 Å². The van der Waals surface area contributed by atoms with Crippen LogP contribution in [0.15, 0.2) is 66.7 Å². The van der Waals surface area contributed by atoms with Gasteiger partial charge in [-0.3, -0.25) is 5.43 Å². The maximum atomic E-state index is 12.0. The van der Waals surface area contributed by atoms with Gasteiger partial charge < -0.3 is 9.47 Å². The maximum absolute atomic E-state index is 12.0. The summed E-state index contributed by atoms with van der Waals surface area (Å²) in [6.45, 7) is 0.291. The number of hydrazine groups is 2. The number of nitrogens with zero attached hydrogens (tertiary/aromatic N) is 1. The van der Waals surface area contributed by atoms with E-state index in [0.29, 0.717) is 18.2 Å². The van der Waals surface area contributed by atoms with E-state index in [9.17, 15) is 4.79 Å². The fourth-order valence-corrected chi connectivity index (χ4v) is 3.64. The third-order valence-corrected chi connectivity index (χ3v) is 5.45. The molecule has 7 nitrogen and oxygen atoms in total. The second-order valence-corrected chi connectivity index (χ2v) is 7.48. The second kappa shape index (κ2) is 9.07. The summed E-state index contributed by atoms with van der Waals surface area (Å²) in [5, 5.41) is 1.03. The number of carbonyl (C=O) groups is 1. The van der Waals surface area contributed by atoms with Crippen LogP contribution in [0.25, 0.3) is 11.1 Å². The Morgan fingerprint density at radius 2 is 1.77 bits per heavy atom. The number of hydrogen-bond acceptors (Lipinski definition) is 5. The molecule has 1 aliphatic carbocycles. The number of hydrogen-bond donors (Lipinski definition) is 3. The van der Waals surface area contributed by atoms with Crippen molar-refractivity contribution in [1.82, 2.24) is 5.43 Å². The van der Waals surface area contributed by atoms with Gasteiger partial charge in [-0.05, 0) is 65.8 Å². The van der Waals surface area contributed by atoms with E-state index >= 15 is 0 Å². The Kier molecular flexibility index (Phi) is 6.06. The van der Waals surface area contributed by atoms with Crippen LogP contribution < -0.4 is 31.6 Å². The zero-order chi connectivity index (χ0) is 21.8. The van der Waals surface area contributed by atoms with Crippen molar-refractivity contribution in [1.29, 1.82) is 0 Å². The van der Waals surface area contributed by atoms with Gasteiger partial charge in [-0.25, -0.2) is 21.5 Å². The van der Waals surface area contributed by atoms with Gasteiger partial charge in [0.15, 0.2) is 0 Å². The molecule has 3 aromatic carbocycles. The molecule has 0 radical (unpaired) electrons. The fraction of sp³-hybridized carbons (Fsp3) is 0.208. The number of carbonyl (C=O) groups excluding carboxylic acids is 1. The first-order chi connectivity index (χ1) is 15.1. The van der Waals surface area contributed by atoms with Gasteiger partial charge in [0.05, 0.1) is 12.8 Å². The van der Waals surface area contributed by atoms with Crippen LogP contribution in [0.1, 0.15) is 29.9 Å². The van der Waals surface area contributed by atoms with E-state index in [0.717, 1.165) is 51.6 Å². The van der Waals surface area contributed by atoms with Crippen molar-refractivity contribution in [3.8, 4) is 22.6 Å². The standard InChI is InChI=1S/C24H26N4O3/c1-30-19-12-10-16(11-13-19)18-4-2-5-20(14-18)31-15-22-21(17-8-9-17)6-3-7-23(22)28(26)24(29)27-25/h2-7,10-14,17H,8-9,15,25-26H2,1H3,(H,27,29). The van der Waals surface area contributed by atoms with Crippen LogP contribution >= 0.6 is 0 Å². The Hall–Kier alpha value is -3.55. The molecule has 2 amide bonds. The van der Waals surface area contributed by atoms with Crippen molar-refractivity contribution in [2.24, 2.45) is 11.7 Å². The van der Waals surface area contributed by atoms with Crippen LogP contribution in [0.4, 0.5) is 10.5 Å². The van der Waals surface area contributed by atoms with Gasteiger partial charge in [-0.2, -0.15) is 0 Å². The van der Waals surface area contributed by atoms with Gasteiger partial charge in [0.25, 0.3) is 0 Å². The maximum Gasteiger partial charge on any atom is 0.350 e. The Morgan fingerprint density at radius 1 is 1.03 bits per heavy atom. The largest absolute Gasteiger partial charge is 0.497 e.